The van der Waals surface area contributed by atoms with Gasteiger partial charge in [0, 0.05) is 28.5 Å². The van der Waals surface area contributed by atoms with Gasteiger partial charge in [-0.05, 0) is 30.7 Å². The molecule has 11 heteroatoms. The first-order chi connectivity index (χ1) is 18.8. The summed E-state index contributed by atoms with van der Waals surface area (Å²) >= 11 is 2.10. The summed E-state index contributed by atoms with van der Waals surface area (Å²) in [6.07, 6.45) is 0. The van der Waals surface area contributed by atoms with Crippen molar-refractivity contribution < 1.29 is 19.2 Å². The van der Waals surface area contributed by atoms with Crippen molar-refractivity contribution in [1.82, 2.24) is 4.98 Å². The standard InChI is InChI=1S/C28H21N3O6S2/c1-15-7-9-17(10-8-15)30-26(32)22-21(23-25(29-28(34)39-23)38-24(22)27(30)33)19-13-18(31(35)36)11-12-20(19)37-14-16-5-3-2-4-6-16/h2-13,21-22,24H,14H2,1H3,(H,29,34). The van der Waals surface area contributed by atoms with E-state index < -0.39 is 33.8 Å². The lowest BCUT2D eigenvalue weighted by molar-refractivity contribution is -0.385. The van der Waals surface area contributed by atoms with Gasteiger partial charge in [-0.1, -0.05) is 71.1 Å². The van der Waals surface area contributed by atoms with Crippen LogP contribution in [0.3, 0.4) is 0 Å². The van der Waals surface area contributed by atoms with Gasteiger partial charge in [0.15, 0.2) is 0 Å². The van der Waals surface area contributed by atoms with Gasteiger partial charge in [-0.2, -0.15) is 0 Å². The zero-order valence-electron chi connectivity index (χ0n) is 20.5. The number of benzene rings is 3. The molecular formula is C28H21N3O6S2. The first kappa shape index (κ1) is 25.1. The number of nitrogens with zero attached hydrogens (tertiary/aromatic N) is 2. The van der Waals surface area contributed by atoms with Gasteiger partial charge >= 0.3 is 4.87 Å². The molecule has 3 aromatic carbocycles. The number of imide groups is 1. The molecule has 1 saturated heterocycles. The SMILES string of the molecule is Cc1ccc(N2C(=O)C3Sc4[nH]c(=O)sc4C(c4cc([N+](=O)[O-])ccc4OCc4ccccc4)C3C2=O)cc1. The lowest BCUT2D eigenvalue weighted by Crippen LogP contribution is -2.32. The molecule has 0 bridgehead atoms. The summed E-state index contributed by atoms with van der Waals surface area (Å²) in [6, 6.07) is 20.8. The maximum Gasteiger partial charge on any atom is 0.305 e. The monoisotopic (exact) mass is 559 g/mol. The van der Waals surface area contributed by atoms with Crippen molar-refractivity contribution >= 4 is 46.3 Å². The summed E-state index contributed by atoms with van der Waals surface area (Å²) < 4.78 is 6.15. The molecule has 3 unspecified atom stereocenters. The number of nitro groups is 1. The molecule has 1 N–H and O–H groups in total. The fraction of sp³-hybridized carbons (Fsp3) is 0.179. The van der Waals surface area contributed by atoms with E-state index in [1.54, 1.807) is 12.1 Å². The van der Waals surface area contributed by atoms with E-state index in [-0.39, 0.29) is 17.2 Å². The molecule has 1 fully saturated rings. The van der Waals surface area contributed by atoms with Crippen molar-refractivity contribution in [2.45, 2.75) is 29.7 Å². The second-order valence-electron chi connectivity index (χ2n) is 9.35. The Labute approximate surface area is 230 Å². The molecular weight excluding hydrogens is 538 g/mol. The van der Waals surface area contributed by atoms with E-state index in [4.69, 9.17) is 4.74 Å². The number of anilines is 1. The minimum Gasteiger partial charge on any atom is -0.489 e. The number of thioether (sulfide) groups is 1. The Morgan fingerprint density at radius 3 is 2.46 bits per heavy atom. The van der Waals surface area contributed by atoms with Crippen LogP contribution >= 0.6 is 23.1 Å². The number of thiazole rings is 1. The number of non-ortho nitro benzene ring substituents is 1. The second-order valence-corrected chi connectivity index (χ2v) is 11.5. The Balaban J connectivity index is 1.48. The van der Waals surface area contributed by atoms with Crippen LogP contribution in [0.5, 0.6) is 5.75 Å². The van der Waals surface area contributed by atoms with Gasteiger partial charge in [0.25, 0.3) is 5.69 Å². The molecule has 0 saturated carbocycles. The van der Waals surface area contributed by atoms with Crippen molar-refractivity contribution in [3.05, 3.63) is 114 Å². The quantitative estimate of drug-likeness (QED) is 0.200. The average molecular weight is 560 g/mol. The van der Waals surface area contributed by atoms with E-state index in [1.165, 1.54) is 23.1 Å². The minimum atomic E-state index is -0.885. The number of rotatable bonds is 6. The molecule has 3 atom stereocenters. The summed E-state index contributed by atoms with van der Waals surface area (Å²) in [5.74, 6) is -2.14. The Kier molecular flexibility index (Phi) is 6.32. The normalized spacial score (nSPS) is 20.0. The number of nitro benzene ring substituents is 1. The van der Waals surface area contributed by atoms with Crippen LogP contribution in [0, 0.1) is 23.0 Å². The zero-order chi connectivity index (χ0) is 27.3. The van der Waals surface area contributed by atoms with E-state index in [0.717, 1.165) is 34.2 Å². The van der Waals surface area contributed by atoms with E-state index in [0.29, 0.717) is 26.9 Å². The number of nitrogens with one attached hydrogen (secondary N) is 1. The van der Waals surface area contributed by atoms with E-state index in [9.17, 15) is 24.5 Å². The van der Waals surface area contributed by atoms with Crippen LogP contribution in [-0.4, -0.2) is 27.0 Å². The summed E-state index contributed by atoms with van der Waals surface area (Å²) in [4.78, 5) is 55.5. The number of amides is 2. The van der Waals surface area contributed by atoms with Crippen LogP contribution in [0.1, 0.15) is 27.5 Å². The largest absolute Gasteiger partial charge is 0.489 e. The van der Waals surface area contributed by atoms with E-state index in [1.807, 2.05) is 49.4 Å². The lowest BCUT2D eigenvalue weighted by atomic mass is 9.82. The predicted octanol–water partition coefficient (Wildman–Crippen LogP) is 5.03. The number of ether oxygens (including phenoxy) is 1. The highest BCUT2D eigenvalue weighted by molar-refractivity contribution is 8.00. The molecule has 2 aliphatic rings. The first-order valence-electron chi connectivity index (χ1n) is 12.1. The molecule has 2 aliphatic heterocycles. The van der Waals surface area contributed by atoms with E-state index in [2.05, 4.69) is 4.98 Å². The fourth-order valence-electron chi connectivity index (χ4n) is 5.06. The smallest absolute Gasteiger partial charge is 0.305 e. The fourth-order valence-corrected chi connectivity index (χ4v) is 7.57. The maximum atomic E-state index is 14.0. The Bertz CT molecular complexity index is 1660. The van der Waals surface area contributed by atoms with Crippen LogP contribution in [-0.2, 0) is 16.2 Å². The van der Waals surface area contributed by atoms with Gasteiger partial charge < -0.3 is 9.72 Å². The number of aromatic nitrogens is 1. The van der Waals surface area contributed by atoms with Gasteiger partial charge in [-0.25, -0.2) is 4.90 Å². The number of carbonyl (C=O) groups excluding carboxylic acids is 2. The Morgan fingerprint density at radius 1 is 1.00 bits per heavy atom. The molecule has 1 aromatic heterocycles. The second kappa shape index (κ2) is 9.83. The number of H-pyrrole nitrogens is 1. The Hall–Kier alpha value is -4.22. The average Bonchev–Trinajstić information content (AvgIpc) is 3.42. The van der Waals surface area contributed by atoms with E-state index >= 15 is 0 Å². The lowest BCUT2D eigenvalue weighted by Gasteiger charge is -2.30. The highest BCUT2D eigenvalue weighted by Crippen LogP contribution is 2.55. The molecule has 3 heterocycles. The van der Waals surface area contributed by atoms with Gasteiger partial charge in [0.1, 0.15) is 17.6 Å². The van der Waals surface area contributed by atoms with Crippen molar-refractivity contribution in [3.8, 4) is 5.75 Å². The molecule has 0 aliphatic carbocycles. The number of hydrogen-bond acceptors (Lipinski definition) is 8. The third kappa shape index (κ3) is 4.43. The molecule has 9 nitrogen and oxygen atoms in total. The van der Waals surface area contributed by atoms with Crippen LogP contribution in [0.15, 0.2) is 82.6 Å². The highest BCUT2D eigenvalue weighted by atomic mass is 32.2. The topological polar surface area (TPSA) is 123 Å². The van der Waals surface area contributed by atoms with Crippen LogP contribution in [0.2, 0.25) is 0 Å². The third-order valence-corrected chi connectivity index (χ3v) is 9.29. The summed E-state index contributed by atoms with van der Waals surface area (Å²) in [6.45, 7) is 2.11. The van der Waals surface area contributed by atoms with Crippen LogP contribution < -0.4 is 14.5 Å². The predicted molar refractivity (Wildman–Crippen MR) is 147 cm³/mol. The van der Waals surface area contributed by atoms with Crippen molar-refractivity contribution in [2.24, 2.45) is 5.92 Å². The van der Waals surface area contributed by atoms with Crippen molar-refractivity contribution in [1.29, 1.82) is 0 Å². The molecule has 39 heavy (non-hydrogen) atoms. The maximum absolute atomic E-state index is 14.0. The minimum absolute atomic E-state index is 0.177. The molecule has 0 spiro atoms. The number of hydrogen-bond donors (Lipinski definition) is 1. The highest BCUT2D eigenvalue weighted by Gasteiger charge is 2.57. The number of aromatic amines is 1. The summed E-state index contributed by atoms with van der Waals surface area (Å²) in [5.41, 5.74) is 2.55. The van der Waals surface area contributed by atoms with Crippen LogP contribution in [0.4, 0.5) is 11.4 Å². The third-order valence-electron chi connectivity index (χ3n) is 6.89. The molecule has 0 radical (unpaired) electrons. The molecule has 196 valence electrons. The van der Waals surface area contributed by atoms with Gasteiger partial charge in [0.2, 0.25) is 11.8 Å². The zero-order valence-corrected chi connectivity index (χ0v) is 22.2. The number of fused-ring (bicyclic) bond motifs is 2. The Morgan fingerprint density at radius 2 is 1.74 bits per heavy atom. The van der Waals surface area contributed by atoms with Crippen LogP contribution in [0.25, 0.3) is 0 Å². The first-order valence-corrected chi connectivity index (χ1v) is 13.8. The van der Waals surface area contributed by atoms with Gasteiger partial charge in [-0.3, -0.25) is 24.5 Å². The summed E-state index contributed by atoms with van der Waals surface area (Å²) in [7, 11) is 0. The molecule has 4 aromatic rings. The van der Waals surface area contributed by atoms with Crippen molar-refractivity contribution in [3.63, 3.8) is 0 Å². The van der Waals surface area contributed by atoms with Gasteiger partial charge in [-0.15, -0.1) is 0 Å². The molecule has 6 rings (SSSR count). The summed E-state index contributed by atoms with van der Waals surface area (Å²) in [5, 5.41) is 11.4. The van der Waals surface area contributed by atoms with Gasteiger partial charge in [0.05, 0.1) is 21.6 Å². The number of carbonyl (C=O) groups is 2. The molecule has 2 amide bonds. The van der Waals surface area contributed by atoms with Crippen molar-refractivity contribution in [2.75, 3.05) is 4.90 Å². The number of aryl methyl sites for hydroxylation is 1.